The highest BCUT2D eigenvalue weighted by Gasteiger charge is 2.41. The van der Waals surface area contributed by atoms with E-state index in [-0.39, 0.29) is 0 Å². The van der Waals surface area contributed by atoms with Crippen LogP contribution in [-0.2, 0) is 16.9 Å². The lowest BCUT2D eigenvalue weighted by atomic mass is 9.81. The average molecular weight is 704 g/mol. The van der Waals surface area contributed by atoms with Crippen molar-refractivity contribution in [2.75, 3.05) is 46.6 Å². The molecule has 0 saturated carbocycles. The number of hydrogen-bond donors (Lipinski definition) is 1. The molecule has 0 amide bonds. The van der Waals surface area contributed by atoms with Crippen LogP contribution >= 0.6 is 0 Å². The Morgan fingerprint density at radius 1 is 0.827 bits per heavy atom. The Labute approximate surface area is 311 Å². The smallest absolute Gasteiger partial charge is 0.231 e. The number of hydrogen-bond acceptors (Lipinski definition) is 7. The first-order valence-corrected chi connectivity index (χ1v) is 19.2. The molecule has 1 atom stereocenters. The van der Waals surface area contributed by atoms with Crippen LogP contribution in [0.1, 0.15) is 97.2 Å². The van der Waals surface area contributed by atoms with Crippen molar-refractivity contribution in [1.29, 1.82) is 5.26 Å². The first kappa shape index (κ1) is 38.9. The summed E-state index contributed by atoms with van der Waals surface area (Å²) in [6.45, 7) is 14.9. The molecule has 7 rings (SSSR count). The summed E-state index contributed by atoms with van der Waals surface area (Å²) >= 11 is 0. The second-order valence-electron chi connectivity index (χ2n) is 13.8. The molecule has 0 radical (unpaired) electrons. The number of rotatable bonds is 12. The van der Waals surface area contributed by atoms with Crippen molar-refractivity contribution in [2.24, 2.45) is 0 Å². The number of aryl methyl sites for hydroxylation is 2. The van der Waals surface area contributed by atoms with Crippen LogP contribution in [0.4, 0.5) is 0 Å². The van der Waals surface area contributed by atoms with E-state index < -0.39 is 5.60 Å². The number of unbranched alkanes of at least 4 members (excludes halogenated alkanes) is 1. The number of nitrogens with one attached hydrogen (secondary N) is 1. The van der Waals surface area contributed by atoms with Gasteiger partial charge in [0, 0.05) is 6.07 Å². The van der Waals surface area contributed by atoms with Gasteiger partial charge in [0.25, 0.3) is 0 Å². The van der Waals surface area contributed by atoms with Gasteiger partial charge in [-0.1, -0.05) is 79.6 Å². The number of piperidine rings is 1. The van der Waals surface area contributed by atoms with Gasteiger partial charge in [-0.15, -0.1) is 0 Å². The molecular formula is C45H57N3O4. The van der Waals surface area contributed by atoms with Crippen LogP contribution in [0.2, 0.25) is 0 Å². The van der Waals surface area contributed by atoms with E-state index in [2.05, 4.69) is 84.7 Å². The molecule has 3 aliphatic rings. The summed E-state index contributed by atoms with van der Waals surface area (Å²) in [5, 5.41) is 13.0. The monoisotopic (exact) mass is 703 g/mol. The van der Waals surface area contributed by atoms with Crippen LogP contribution in [0.15, 0.2) is 84.9 Å². The van der Waals surface area contributed by atoms with Crippen molar-refractivity contribution in [2.45, 2.75) is 84.3 Å². The quantitative estimate of drug-likeness (QED) is 0.147. The molecule has 3 heterocycles. The summed E-state index contributed by atoms with van der Waals surface area (Å²) in [4.78, 5) is 2.66. The van der Waals surface area contributed by atoms with Gasteiger partial charge in [-0.3, -0.25) is 0 Å². The van der Waals surface area contributed by atoms with Gasteiger partial charge in [-0.2, -0.15) is 5.26 Å². The molecule has 276 valence electrons. The number of nitriles is 1. The minimum Gasteiger partial charge on any atom is -0.497 e. The molecule has 4 aromatic carbocycles. The van der Waals surface area contributed by atoms with Crippen molar-refractivity contribution in [3.8, 4) is 23.3 Å². The van der Waals surface area contributed by atoms with Gasteiger partial charge in [-0.05, 0) is 138 Å². The van der Waals surface area contributed by atoms with E-state index in [0.717, 1.165) is 54.7 Å². The summed E-state index contributed by atoms with van der Waals surface area (Å²) in [7, 11) is 1.62. The van der Waals surface area contributed by atoms with Gasteiger partial charge >= 0.3 is 0 Å². The molecule has 0 aromatic heterocycles. The lowest BCUT2D eigenvalue weighted by molar-refractivity contribution is -0.0129. The lowest BCUT2D eigenvalue weighted by Crippen LogP contribution is -2.34. The Hall–Kier alpha value is -4.35. The number of likely N-dealkylation sites (tertiary alicyclic amines) is 1. The normalized spacial score (nSPS) is 17.6. The van der Waals surface area contributed by atoms with Gasteiger partial charge in [0.15, 0.2) is 11.5 Å². The Balaban J connectivity index is 0.000000338. The lowest BCUT2D eigenvalue weighted by Gasteiger charge is -2.32. The minimum absolute atomic E-state index is 0.308. The van der Waals surface area contributed by atoms with Crippen molar-refractivity contribution in [1.82, 2.24) is 10.2 Å². The molecule has 1 unspecified atom stereocenters. The fraction of sp³-hybridized carbons (Fsp3) is 0.444. The number of fused-ring (bicyclic) bond motifs is 2. The molecule has 7 nitrogen and oxygen atoms in total. The summed E-state index contributed by atoms with van der Waals surface area (Å²) in [5.41, 5.74) is 7.97. The molecule has 1 saturated heterocycles. The fourth-order valence-corrected chi connectivity index (χ4v) is 7.37. The highest BCUT2D eigenvalue weighted by molar-refractivity contribution is 5.48. The van der Waals surface area contributed by atoms with Crippen LogP contribution < -0.4 is 19.5 Å². The third-order valence-electron chi connectivity index (χ3n) is 10.3. The predicted molar refractivity (Wildman–Crippen MR) is 209 cm³/mol. The van der Waals surface area contributed by atoms with Crippen molar-refractivity contribution >= 4 is 0 Å². The van der Waals surface area contributed by atoms with Crippen molar-refractivity contribution in [3.05, 3.63) is 124 Å². The highest BCUT2D eigenvalue weighted by atomic mass is 16.7. The zero-order valence-corrected chi connectivity index (χ0v) is 31.9. The van der Waals surface area contributed by atoms with E-state index in [4.69, 9.17) is 18.9 Å². The number of methoxy groups -OCH3 is 1. The number of ether oxygens (including phenoxy) is 4. The third kappa shape index (κ3) is 9.95. The van der Waals surface area contributed by atoms with E-state index in [1.54, 1.807) is 7.11 Å². The molecular weight excluding hydrogens is 647 g/mol. The fourth-order valence-electron chi connectivity index (χ4n) is 7.37. The van der Waals surface area contributed by atoms with Gasteiger partial charge < -0.3 is 29.2 Å². The topological polar surface area (TPSA) is 76.0 Å². The van der Waals surface area contributed by atoms with Crippen LogP contribution in [0.3, 0.4) is 0 Å². The number of nitrogens with zero attached hydrogens (tertiary/aromatic N) is 2. The standard InChI is InChI=1S/C35H43N3O.C8H8O3.C2H6/c1-27-6-11-30(12-7-27)31-16-22-38(23-17-31)21-4-3-19-37-20-5-18-35(33-13-8-28(2)9-14-33)34-15-10-29(25-36)24-32(34)26-39-35;1-9-6-2-3-7-8(4-6)11-5-10-7;1-2/h6-15,24,31,37H,3-5,16-23,26H2,1-2H3;2-4H,5H2,1H3;1-2H3. The molecule has 0 bridgehead atoms. The largest absolute Gasteiger partial charge is 0.497 e. The maximum absolute atomic E-state index is 9.34. The van der Waals surface area contributed by atoms with E-state index in [0.29, 0.717) is 19.0 Å². The second-order valence-corrected chi connectivity index (χ2v) is 13.8. The maximum atomic E-state index is 9.34. The van der Waals surface area contributed by atoms with E-state index >= 15 is 0 Å². The Morgan fingerprint density at radius 2 is 1.52 bits per heavy atom. The van der Waals surface area contributed by atoms with Crippen LogP contribution in [0.25, 0.3) is 0 Å². The van der Waals surface area contributed by atoms with Gasteiger partial charge in [0.05, 0.1) is 25.3 Å². The molecule has 0 aliphatic carbocycles. The van der Waals surface area contributed by atoms with E-state index in [9.17, 15) is 5.26 Å². The molecule has 0 spiro atoms. The highest BCUT2D eigenvalue weighted by Crippen LogP contribution is 2.45. The Bertz CT molecular complexity index is 1730. The third-order valence-corrected chi connectivity index (χ3v) is 10.3. The zero-order valence-electron chi connectivity index (χ0n) is 31.9. The van der Waals surface area contributed by atoms with Crippen molar-refractivity contribution in [3.63, 3.8) is 0 Å². The van der Waals surface area contributed by atoms with Crippen LogP contribution in [-0.4, -0.2) is 51.5 Å². The molecule has 4 aromatic rings. The van der Waals surface area contributed by atoms with Gasteiger partial charge in [0.1, 0.15) is 11.4 Å². The Kier molecular flexibility index (Phi) is 14.6. The predicted octanol–water partition coefficient (Wildman–Crippen LogP) is 9.43. The minimum atomic E-state index is -0.427. The summed E-state index contributed by atoms with van der Waals surface area (Å²) in [6, 6.07) is 31.7. The molecule has 1 fully saturated rings. The SMILES string of the molecule is CC.COc1ccc2c(c1)OCO2.Cc1ccc(C2CCN(CCCCNCCCC3(c4ccc(C)cc4)OCc4cc(C#N)ccc43)CC2)cc1. The summed E-state index contributed by atoms with van der Waals surface area (Å²) in [5.74, 6) is 3.06. The second kappa shape index (κ2) is 19.5. The molecule has 52 heavy (non-hydrogen) atoms. The summed E-state index contributed by atoms with van der Waals surface area (Å²) < 4.78 is 21.8. The first-order chi connectivity index (χ1) is 25.5. The zero-order chi connectivity index (χ0) is 36.8. The first-order valence-electron chi connectivity index (χ1n) is 19.2. The van der Waals surface area contributed by atoms with Gasteiger partial charge in [0.2, 0.25) is 6.79 Å². The average Bonchev–Trinajstić information content (AvgIpc) is 3.82. The Morgan fingerprint density at radius 3 is 2.23 bits per heavy atom. The molecule has 1 N–H and O–H groups in total. The molecule has 3 aliphatic heterocycles. The summed E-state index contributed by atoms with van der Waals surface area (Å²) in [6.07, 6.45) is 7.02. The molecule has 7 heteroatoms. The van der Waals surface area contributed by atoms with Gasteiger partial charge in [-0.25, -0.2) is 0 Å². The van der Waals surface area contributed by atoms with E-state index in [1.165, 1.54) is 73.1 Å². The van der Waals surface area contributed by atoms with E-state index in [1.807, 2.05) is 44.2 Å². The van der Waals surface area contributed by atoms with Crippen LogP contribution in [0, 0.1) is 25.2 Å². The van der Waals surface area contributed by atoms with Crippen molar-refractivity contribution < 1.29 is 18.9 Å². The number of benzene rings is 4. The van der Waals surface area contributed by atoms with Crippen LogP contribution in [0.5, 0.6) is 17.2 Å². The maximum Gasteiger partial charge on any atom is 0.231 e.